The second-order valence-corrected chi connectivity index (χ2v) is 7.69. The van der Waals surface area contributed by atoms with Gasteiger partial charge in [-0.25, -0.2) is 9.37 Å². The van der Waals surface area contributed by atoms with Crippen molar-refractivity contribution in [2.75, 3.05) is 13.1 Å². The lowest BCUT2D eigenvalue weighted by atomic mass is 9.81. The van der Waals surface area contributed by atoms with Crippen LogP contribution in [0.25, 0.3) is 0 Å². The number of aryl methyl sites for hydroxylation is 1. The molecule has 3 heterocycles. The molecule has 1 atom stereocenters. The Morgan fingerprint density at radius 2 is 2.14 bits per heavy atom. The second-order valence-electron chi connectivity index (χ2n) is 7.69. The summed E-state index contributed by atoms with van der Waals surface area (Å²) in [5.74, 6) is 0.939. The summed E-state index contributed by atoms with van der Waals surface area (Å²) in [7, 11) is 1.79. The molecule has 0 N–H and O–H groups in total. The third-order valence-electron chi connectivity index (χ3n) is 5.33. The van der Waals surface area contributed by atoms with Gasteiger partial charge in [0.05, 0.1) is 23.4 Å². The van der Waals surface area contributed by atoms with E-state index in [4.69, 9.17) is 4.42 Å². The van der Waals surface area contributed by atoms with Crippen LogP contribution in [0.5, 0.6) is 0 Å². The number of benzene rings is 1. The molecule has 1 aliphatic heterocycles. The Labute approximate surface area is 163 Å². The van der Waals surface area contributed by atoms with Crippen LogP contribution in [0, 0.1) is 5.82 Å². The molecule has 0 unspecified atom stereocenters. The van der Waals surface area contributed by atoms with Gasteiger partial charge in [-0.1, -0.05) is 18.2 Å². The van der Waals surface area contributed by atoms with Gasteiger partial charge in [-0.2, -0.15) is 5.10 Å². The highest BCUT2D eigenvalue weighted by Crippen LogP contribution is 2.34. The van der Waals surface area contributed by atoms with Crippen LogP contribution in [0.1, 0.15) is 47.3 Å². The van der Waals surface area contributed by atoms with Crippen LogP contribution >= 0.6 is 0 Å². The third-order valence-corrected chi connectivity index (χ3v) is 5.33. The molecule has 146 valence electrons. The summed E-state index contributed by atoms with van der Waals surface area (Å²) in [6.07, 6.45) is 7.08. The molecule has 1 fully saturated rings. The smallest absolute Gasteiger partial charge is 0.257 e. The minimum Gasteiger partial charge on any atom is -0.445 e. The summed E-state index contributed by atoms with van der Waals surface area (Å²) in [6, 6.07) is 6.66. The van der Waals surface area contributed by atoms with Crippen LogP contribution in [0.4, 0.5) is 4.39 Å². The number of aromatic nitrogens is 3. The SMILES string of the molecule is Cn1cc(C(=O)N2CCC[C@@](C)(c3ncc(Cc4ccccc4F)o3)C2)cn1. The minimum atomic E-state index is -0.371. The number of rotatable bonds is 4. The first kappa shape index (κ1) is 18.4. The van der Waals surface area contributed by atoms with E-state index >= 15 is 0 Å². The van der Waals surface area contributed by atoms with Gasteiger partial charge in [0.2, 0.25) is 5.89 Å². The largest absolute Gasteiger partial charge is 0.445 e. The molecule has 0 aliphatic carbocycles. The van der Waals surface area contributed by atoms with E-state index in [-0.39, 0.29) is 17.1 Å². The number of carbonyl (C=O) groups is 1. The van der Waals surface area contributed by atoms with E-state index in [1.807, 2.05) is 4.90 Å². The number of carbonyl (C=O) groups excluding carboxylic acids is 1. The predicted octanol–water partition coefficient (Wildman–Crippen LogP) is 3.33. The first-order chi connectivity index (χ1) is 13.4. The van der Waals surface area contributed by atoms with Crippen molar-refractivity contribution in [3.05, 3.63) is 71.5 Å². The lowest BCUT2D eigenvalue weighted by molar-refractivity contribution is 0.0626. The zero-order chi connectivity index (χ0) is 19.7. The fourth-order valence-corrected chi connectivity index (χ4v) is 3.80. The number of halogens is 1. The van der Waals surface area contributed by atoms with Gasteiger partial charge in [-0.3, -0.25) is 9.48 Å². The highest BCUT2D eigenvalue weighted by Gasteiger charge is 2.38. The van der Waals surface area contributed by atoms with Crippen LogP contribution in [0.2, 0.25) is 0 Å². The molecular formula is C21H23FN4O2. The Hall–Kier alpha value is -2.96. The molecule has 0 spiro atoms. The maximum atomic E-state index is 13.9. The van der Waals surface area contributed by atoms with E-state index in [0.29, 0.717) is 42.3 Å². The number of hydrogen-bond donors (Lipinski definition) is 0. The zero-order valence-corrected chi connectivity index (χ0v) is 16.1. The summed E-state index contributed by atoms with van der Waals surface area (Å²) in [6.45, 7) is 3.29. The Kier molecular flexibility index (Phi) is 4.75. The standard InChI is InChI=1S/C21H23FN4O2/c1-21(8-5-9-26(14-21)19(27)16-11-24-25(2)13-16)20-23-12-17(28-20)10-15-6-3-4-7-18(15)22/h3-4,6-7,11-13H,5,8-10,14H2,1-2H3/t21-/m1/s1. The molecule has 1 aromatic carbocycles. The lowest BCUT2D eigenvalue weighted by Gasteiger charge is -2.38. The van der Waals surface area contributed by atoms with Crippen molar-refractivity contribution >= 4 is 5.91 Å². The highest BCUT2D eigenvalue weighted by atomic mass is 19.1. The molecule has 1 aliphatic rings. The topological polar surface area (TPSA) is 64.2 Å². The van der Waals surface area contributed by atoms with Crippen molar-refractivity contribution in [1.29, 1.82) is 0 Å². The van der Waals surface area contributed by atoms with Crippen molar-refractivity contribution in [2.45, 2.75) is 31.6 Å². The Morgan fingerprint density at radius 3 is 2.89 bits per heavy atom. The van der Waals surface area contributed by atoms with Crippen LogP contribution in [0.3, 0.4) is 0 Å². The molecule has 6 nitrogen and oxygen atoms in total. The molecule has 0 radical (unpaired) electrons. The number of oxazole rings is 1. The van der Waals surface area contributed by atoms with Crippen LogP contribution < -0.4 is 0 Å². The third kappa shape index (κ3) is 3.56. The number of nitrogens with zero attached hydrogens (tertiary/aromatic N) is 4. The molecule has 1 amide bonds. The first-order valence-corrected chi connectivity index (χ1v) is 9.41. The van der Waals surface area contributed by atoms with Crippen molar-refractivity contribution in [1.82, 2.24) is 19.7 Å². The normalized spacial score (nSPS) is 19.8. The summed E-state index contributed by atoms with van der Waals surface area (Å²) in [5, 5.41) is 4.09. The van der Waals surface area contributed by atoms with Crippen LogP contribution in [0.15, 0.2) is 47.3 Å². The summed E-state index contributed by atoms with van der Waals surface area (Å²) in [5.41, 5.74) is 0.788. The summed E-state index contributed by atoms with van der Waals surface area (Å²) < 4.78 is 21.5. The van der Waals surface area contributed by atoms with Gasteiger partial charge in [0.25, 0.3) is 5.91 Å². The van der Waals surface area contributed by atoms with Crippen LogP contribution in [-0.2, 0) is 18.9 Å². The van der Waals surface area contributed by atoms with E-state index in [1.54, 1.807) is 48.5 Å². The number of piperidine rings is 1. The van der Waals surface area contributed by atoms with Gasteiger partial charge in [0.1, 0.15) is 11.6 Å². The fourth-order valence-electron chi connectivity index (χ4n) is 3.80. The van der Waals surface area contributed by atoms with Gasteiger partial charge in [-0.15, -0.1) is 0 Å². The molecule has 3 aromatic rings. The molecule has 0 saturated carbocycles. The first-order valence-electron chi connectivity index (χ1n) is 9.41. The summed E-state index contributed by atoms with van der Waals surface area (Å²) in [4.78, 5) is 19.1. The van der Waals surface area contributed by atoms with E-state index in [9.17, 15) is 9.18 Å². The van der Waals surface area contributed by atoms with Gasteiger partial charge < -0.3 is 9.32 Å². The quantitative estimate of drug-likeness (QED) is 0.694. The summed E-state index contributed by atoms with van der Waals surface area (Å²) >= 11 is 0. The zero-order valence-electron chi connectivity index (χ0n) is 16.1. The van der Waals surface area contributed by atoms with Crippen molar-refractivity contribution in [2.24, 2.45) is 7.05 Å². The van der Waals surface area contributed by atoms with E-state index in [1.165, 1.54) is 6.07 Å². The highest BCUT2D eigenvalue weighted by molar-refractivity contribution is 5.93. The van der Waals surface area contributed by atoms with E-state index in [2.05, 4.69) is 17.0 Å². The maximum Gasteiger partial charge on any atom is 0.257 e. The Bertz CT molecular complexity index is 996. The molecule has 28 heavy (non-hydrogen) atoms. The monoisotopic (exact) mass is 382 g/mol. The molecule has 4 rings (SSSR count). The van der Waals surface area contributed by atoms with Crippen molar-refractivity contribution in [3.8, 4) is 0 Å². The van der Waals surface area contributed by atoms with E-state index in [0.717, 1.165) is 12.8 Å². The van der Waals surface area contributed by atoms with Gasteiger partial charge in [0, 0.05) is 32.8 Å². The van der Waals surface area contributed by atoms with Crippen LogP contribution in [-0.4, -0.2) is 38.7 Å². The molecule has 7 heteroatoms. The van der Waals surface area contributed by atoms with E-state index < -0.39 is 0 Å². The average molecular weight is 382 g/mol. The van der Waals surface area contributed by atoms with Gasteiger partial charge in [0.15, 0.2) is 0 Å². The van der Waals surface area contributed by atoms with Crippen molar-refractivity contribution < 1.29 is 13.6 Å². The number of amides is 1. The Morgan fingerprint density at radius 1 is 1.32 bits per heavy atom. The lowest BCUT2D eigenvalue weighted by Crippen LogP contribution is -2.47. The fraction of sp³-hybridized carbons (Fsp3) is 0.381. The molecule has 0 bridgehead atoms. The molecule has 1 saturated heterocycles. The predicted molar refractivity (Wildman–Crippen MR) is 101 cm³/mol. The Balaban J connectivity index is 1.51. The second kappa shape index (κ2) is 7.22. The maximum absolute atomic E-state index is 13.9. The minimum absolute atomic E-state index is 0.0304. The van der Waals surface area contributed by atoms with Gasteiger partial charge in [-0.05, 0) is 31.4 Å². The van der Waals surface area contributed by atoms with Crippen molar-refractivity contribution in [3.63, 3.8) is 0 Å². The number of hydrogen-bond acceptors (Lipinski definition) is 4. The van der Waals surface area contributed by atoms with Gasteiger partial charge >= 0.3 is 0 Å². The molecule has 2 aromatic heterocycles. The number of likely N-dealkylation sites (tertiary alicyclic amines) is 1. The average Bonchev–Trinajstić information content (AvgIpc) is 3.33. The molecular weight excluding hydrogens is 359 g/mol.